The highest BCUT2D eigenvalue weighted by Crippen LogP contribution is 2.23. The third-order valence-corrected chi connectivity index (χ3v) is 1.90. The molecule has 1 aromatic carbocycles. The molecule has 0 aliphatic rings. The molecule has 0 bridgehead atoms. The zero-order valence-corrected chi connectivity index (χ0v) is 9.17. The summed E-state index contributed by atoms with van der Waals surface area (Å²) in [6.07, 6.45) is 0. The molecule has 1 N–H and O–H groups in total. The van der Waals surface area contributed by atoms with E-state index < -0.39 is 0 Å². The van der Waals surface area contributed by atoms with Crippen molar-refractivity contribution in [2.45, 2.75) is 20.8 Å². The lowest BCUT2D eigenvalue weighted by Gasteiger charge is -2.05. The Hall–Kier alpha value is -0.760. The van der Waals surface area contributed by atoms with Gasteiger partial charge in [0, 0.05) is 18.3 Å². The van der Waals surface area contributed by atoms with E-state index in [9.17, 15) is 4.39 Å². The zero-order valence-electron chi connectivity index (χ0n) is 8.41. The minimum Gasteiger partial charge on any atom is -0.388 e. The predicted octanol–water partition coefficient (Wildman–Crippen LogP) is 3.86. The van der Waals surface area contributed by atoms with Crippen LogP contribution in [0.2, 0.25) is 5.02 Å². The van der Waals surface area contributed by atoms with Crippen molar-refractivity contribution < 1.29 is 4.39 Å². The van der Waals surface area contributed by atoms with E-state index in [2.05, 4.69) is 5.32 Å². The summed E-state index contributed by atoms with van der Waals surface area (Å²) in [5.41, 5.74) is 1.33. The van der Waals surface area contributed by atoms with Crippen LogP contribution in [0, 0.1) is 12.7 Å². The van der Waals surface area contributed by atoms with Crippen LogP contribution in [-0.4, -0.2) is 7.05 Å². The van der Waals surface area contributed by atoms with Crippen LogP contribution in [0.15, 0.2) is 12.1 Å². The van der Waals surface area contributed by atoms with Gasteiger partial charge in [-0.05, 0) is 19.1 Å². The first-order valence-electron chi connectivity index (χ1n) is 4.29. The Labute approximate surface area is 83.9 Å². The van der Waals surface area contributed by atoms with Crippen LogP contribution in [0.4, 0.5) is 10.1 Å². The van der Waals surface area contributed by atoms with Gasteiger partial charge in [0.15, 0.2) is 0 Å². The van der Waals surface area contributed by atoms with Crippen LogP contribution < -0.4 is 5.32 Å². The molecule has 0 fully saturated rings. The summed E-state index contributed by atoms with van der Waals surface area (Å²) in [5, 5.41) is 3.03. The van der Waals surface area contributed by atoms with Gasteiger partial charge in [-0.3, -0.25) is 0 Å². The summed E-state index contributed by atoms with van der Waals surface area (Å²) in [5.74, 6) is -0.349. The summed E-state index contributed by atoms with van der Waals surface area (Å²) in [6.45, 7) is 5.69. The SMILES string of the molecule is CC.CNc1ccc(Cl)c(F)c1C. The average Bonchev–Trinajstić information content (AvgIpc) is 2.18. The lowest BCUT2D eigenvalue weighted by atomic mass is 10.2. The molecule has 0 aliphatic heterocycles. The van der Waals surface area contributed by atoms with Crippen LogP contribution in [0.5, 0.6) is 0 Å². The third kappa shape index (κ3) is 2.88. The Morgan fingerprint density at radius 3 is 2.31 bits per heavy atom. The van der Waals surface area contributed by atoms with Gasteiger partial charge < -0.3 is 5.32 Å². The molecule has 1 rings (SSSR count). The van der Waals surface area contributed by atoms with Crippen LogP contribution in [0.1, 0.15) is 19.4 Å². The molecule has 1 nitrogen and oxygen atoms in total. The van der Waals surface area contributed by atoms with Crippen molar-refractivity contribution in [2.24, 2.45) is 0 Å². The Kier molecular flexibility index (Phi) is 5.47. The normalized spacial score (nSPS) is 8.77. The number of benzene rings is 1. The average molecular weight is 204 g/mol. The first-order valence-corrected chi connectivity index (χ1v) is 4.67. The predicted molar refractivity (Wildman–Crippen MR) is 57.0 cm³/mol. The molecule has 0 spiro atoms. The second-order valence-electron chi connectivity index (χ2n) is 2.28. The van der Waals surface area contributed by atoms with Gasteiger partial charge in [-0.1, -0.05) is 25.4 Å². The zero-order chi connectivity index (χ0) is 10.4. The van der Waals surface area contributed by atoms with Crippen LogP contribution in [0.3, 0.4) is 0 Å². The standard InChI is InChI=1S/C8H9ClFN.C2H6/c1-5-7(11-2)4-3-6(9)8(5)10;1-2/h3-4,11H,1-2H3;1-2H3. The molecule has 0 aliphatic carbocycles. The minimum atomic E-state index is -0.349. The highest BCUT2D eigenvalue weighted by molar-refractivity contribution is 6.30. The number of halogens is 2. The quantitative estimate of drug-likeness (QED) is 0.731. The maximum absolute atomic E-state index is 13.0. The second kappa shape index (κ2) is 5.81. The van der Waals surface area contributed by atoms with E-state index in [1.165, 1.54) is 6.07 Å². The van der Waals surface area contributed by atoms with Crippen molar-refractivity contribution in [1.82, 2.24) is 0 Å². The largest absolute Gasteiger partial charge is 0.388 e. The molecule has 3 heteroatoms. The maximum atomic E-state index is 13.0. The molecule has 0 amide bonds. The van der Waals surface area contributed by atoms with E-state index in [-0.39, 0.29) is 10.8 Å². The second-order valence-corrected chi connectivity index (χ2v) is 2.69. The molecular weight excluding hydrogens is 189 g/mol. The summed E-state index contributed by atoms with van der Waals surface area (Å²) in [4.78, 5) is 0. The summed E-state index contributed by atoms with van der Waals surface area (Å²) in [7, 11) is 1.75. The van der Waals surface area contributed by atoms with E-state index in [0.717, 1.165) is 5.69 Å². The molecule has 0 unspecified atom stereocenters. The van der Waals surface area contributed by atoms with E-state index >= 15 is 0 Å². The first-order chi connectivity index (χ1) is 6.16. The number of nitrogens with one attached hydrogen (secondary N) is 1. The summed E-state index contributed by atoms with van der Waals surface area (Å²) >= 11 is 5.54. The molecule has 13 heavy (non-hydrogen) atoms. The van der Waals surface area contributed by atoms with Gasteiger partial charge in [0.25, 0.3) is 0 Å². The molecule has 0 saturated heterocycles. The first kappa shape index (κ1) is 12.2. The van der Waals surface area contributed by atoms with Crippen molar-refractivity contribution in [2.75, 3.05) is 12.4 Å². The topological polar surface area (TPSA) is 12.0 Å². The Bertz CT molecular complexity index is 274. The summed E-state index contributed by atoms with van der Waals surface area (Å²) < 4.78 is 13.0. The molecule has 0 atom stereocenters. The maximum Gasteiger partial charge on any atom is 0.146 e. The van der Waals surface area contributed by atoms with Crippen molar-refractivity contribution in [3.05, 3.63) is 28.5 Å². The Morgan fingerprint density at radius 2 is 1.85 bits per heavy atom. The summed E-state index contributed by atoms with van der Waals surface area (Å²) in [6, 6.07) is 3.29. The van der Waals surface area contributed by atoms with Crippen LogP contribution in [0.25, 0.3) is 0 Å². The number of hydrogen-bond acceptors (Lipinski definition) is 1. The fourth-order valence-electron chi connectivity index (χ4n) is 0.923. The van der Waals surface area contributed by atoms with E-state index in [4.69, 9.17) is 11.6 Å². The monoisotopic (exact) mass is 203 g/mol. The van der Waals surface area contributed by atoms with Crippen molar-refractivity contribution in [1.29, 1.82) is 0 Å². The van der Waals surface area contributed by atoms with Gasteiger partial charge in [0.05, 0.1) is 5.02 Å². The third-order valence-electron chi connectivity index (χ3n) is 1.61. The van der Waals surface area contributed by atoms with Gasteiger partial charge in [-0.2, -0.15) is 0 Å². The molecule has 0 heterocycles. The molecule has 74 valence electrons. The van der Waals surface area contributed by atoms with Crippen molar-refractivity contribution >= 4 is 17.3 Å². The number of rotatable bonds is 1. The van der Waals surface area contributed by atoms with E-state index in [0.29, 0.717) is 5.56 Å². The highest BCUT2D eigenvalue weighted by atomic mass is 35.5. The van der Waals surface area contributed by atoms with Crippen molar-refractivity contribution in [3.63, 3.8) is 0 Å². The molecule has 1 aromatic rings. The van der Waals surface area contributed by atoms with Gasteiger partial charge in [-0.15, -0.1) is 0 Å². The van der Waals surface area contributed by atoms with Crippen molar-refractivity contribution in [3.8, 4) is 0 Å². The number of anilines is 1. The number of hydrogen-bond donors (Lipinski definition) is 1. The molecular formula is C10H15ClFN. The Morgan fingerprint density at radius 1 is 1.31 bits per heavy atom. The van der Waals surface area contributed by atoms with Crippen LogP contribution >= 0.6 is 11.6 Å². The van der Waals surface area contributed by atoms with E-state index in [1.54, 1.807) is 20.0 Å². The van der Waals surface area contributed by atoms with Gasteiger partial charge in [-0.25, -0.2) is 4.39 Å². The van der Waals surface area contributed by atoms with Gasteiger partial charge in [0.2, 0.25) is 0 Å². The lowest BCUT2D eigenvalue weighted by Crippen LogP contribution is -1.94. The molecule has 0 radical (unpaired) electrons. The lowest BCUT2D eigenvalue weighted by molar-refractivity contribution is 0.619. The minimum absolute atomic E-state index is 0.168. The van der Waals surface area contributed by atoms with Gasteiger partial charge in [0.1, 0.15) is 5.82 Å². The molecule has 0 aromatic heterocycles. The molecule has 0 saturated carbocycles. The van der Waals surface area contributed by atoms with E-state index in [1.807, 2.05) is 13.8 Å². The Balaban J connectivity index is 0.000000671. The smallest absolute Gasteiger partial charge is 0.146 e. The fraction of sp³-hybridized carbons (Fsp3) is 0.400. The van der Waals surface area contributed by atoms with Crippen LogP contribution in [-0.2, 0) is 0 Å². The highest BCUT2D eigenvalue weighted by Gasteiger charge is 2.05. The van der Waals surface area contributed by atoms with Gasteiger partial charge >= 0.3 is 0 Å². The fourth-order valence-corrected chi connectivity index (χ4v) is 1.13.